The zero-order chi connectivity index (χ0) is 19.3. The molecule has 0 aromatic heterocycles. The molecule has 0 bridgehead atoms. The second kappa shape index (κ2) is 9.33. The maximum Gasteiger partial charge on any atom is 0.242 e. The first-order chi connectivity index (χ1) is 12.3. The van der Waals surface area contributed by atoms with E-state index in [9.17, 15) is 13.2 Å². The van der Waals surface area contributed by atoms with E-state index in [1.165, 1.54) is 0 Å². The number of sulfonamides is 1. The standard InChI is InChI=1S/C19H29BrN2O3S/c1-4-7-8-14(5-2)13-21-26(24,25)17-12-16(20)11-15-9-10-22(19(15)17)18(23)6-3/h11-12,14,21H,4-10,13H2,1-3H3/t14-/m1/s1. The molecule has 146 valence electrons. The number of carbonyl (C=O) groups excluding carboxylic acids is 1. The first kappa shape index (κ1) is 21.4. The van der Waals surface area contributed by atoms with Crippen LogP contribution in [0.5, 0.6) is 0 Å². The molecule has 1 amide bonds. The Morgan fingerprint density at radius 2 is 2.04 bits per heavy atom. The van der Waals surface area contributed by atoms with Crippen LogP contribution in [0.15, 0.2) is 21.5 Å². The smallest absolute Gasteiger partial charge is 0.242 e. The van der Waals surface area contributed by atoms with Crippen molar-refractivity contribution in [3.63, 3.8) is 0 Å². The van der Waals surface area contributed by atoms with Gasteiger partial charge >= 0.3 is 0 Å². The van der Waals surface area contributed by atoms with Gasteiger partial charge in [0.1, 0.15) is 4.90 Å². The highest BCUT2D eigenvalue weighted by Crippen LogP contribution is 2.37. The van der Waals surface area contributed by atoms with Crippen LogP contribution in [0.25, 0.3) is 0 Å². The van der Waals surface area contributed by atoms with Crippen molar-refractivity contribution < 1.29 is 13.2 Å². The predicted octanol–water partition coefficient (Wildman–Crippen LogP) is 4.24. The van der Waals surface area contributed by atoms with Crippen LogP contribution in [0.1, 0.15) is 58.4 Å². The molecule has 1 aromatic rings. The Bertz CT molecular complexity index is 749. The number of nitrogens with zero attached hydrogens (tertiary/aromatic N) is 1. The number of unbranched alkanes of at least 4 members (excludes halogenated alkanes) is 1. The van der Waals surface area contributed by atoms with Gasteiger partial charge in [0.2, 0.25) is 15.9 Å². The summed E-state index contributed by atoms with van der Waals surface area (Å²) < 4.78 is 29.6. The van der Waals surface area contributed by atoms with Gasteiger partial charge in [-0.15, -0.1) is 0 Å². The molecule has 26 heavy (non-hydrogen) atoms. The van der Waals surface area contributed by atoms with Gasteiger partial charge in [0.15, 0.2) is 0 Å². The minimum atomic E-state index is -3.69. The van der Waals surface area contributed by atoms with E-state index in [4.69, 9.17) is 0 Å². The monoisotopic (exact) mass is 444 g/mol. The highest BCUT2D eigenvalue weighted by Gasteiger charge is 2.32. The fourth-order valence-corrected chi connectivity index (χ4v) is 5.41. The number of amides is 1. The lowest BCUT2D eigenvalue weighted by Crippen LogP contribution is -2.33. The molecule has 1 heterocycles. The van der Waals surface area contributed by atoms with Gasteiger partial charge in [0, 0.05) is 24.0 Å². The lowest BCUT2D eigenvalue weighted by molar-refractivity contribution is -0.118. The van der Waals surface area contributed by atoms with Crippen LogP contribution in [0, 0.1) is 5.92 Å². The summed E-state index contributed by atoms with van der Waals surface area (Å²) in [6.45, 7) is 7.00. The lowest BCUT2D eigenvalue weighted by atomic mass is 10.00. The number of benzene rings is 1. The fourth-order valence-electron chi connectivity index (χ4n) is 3.36. The molecule has 1 aliphatic heterocycles. The van der Waals surface area contributed by atoms with Gasteiger partial charge in [-0.05, 0) is 36.5 Å². The molecule has 1 aliphatic rings. The van der Waals surface area contributed by atoms with Crippen LogP contribution in [-0.2, 0) is 21.2 Å². The molecule has 1 aromatic carbocycles. The van der Waals surface area contributed by atoms with Crippen molar-refractivity contribution in [1.82, 2.24) is 4.72 Å². The summed E-state index contributed by atoms with van der Waals surface area (Å²) in [6, 6.07) is 3.52. The summed E-state index contributed by atoms with van der Waals surface area (Å²) in [6.07, 6.45) is 5.21. The summed E-state index contributed by atoms with van der Waals surface area (Å²) in [5.41, 5.74) is 1.45. The van der Waals surface area contributed by atoms with Crippen LogP contribution in [0.4, 0.5) is 5.69 Å². The van der Waals surface area contributed by atoms with Crippen molar-refractivity contribution in [2.45, 2.75) is 64.2 Å². The molecule has 1 atom stereocenters. The van der Waals surface area contributed by atoms with Gasteiger partial charge in [-0.3, -0.25) is 4.79 Å². The van der Waals surface area contributed by atoms with Gasteiger partial charge in [0.05, 0.1) is 5.69 Å². The second-order valence-electron chi connectivity index (χ2n) is 6.83. The lowest BCUT2D eigenvalue weighted by Gasteiger charge is -2.21. The SMILES string of the molecule is CCCC[C@@H](CC)CNS(=O)(=O)c1cc(Br)cc2c1N(C(=O)CC)CC2. The third-order valence-electron chi connectivity index (χ3n) is 4.99. The van der Waals surface area contributed by atoms with Crippen molar-refractivity contribution in [3.8, 4) is 0 Å². The Balaban J connectivity index is 2.31. The Kier molecular flexibility index (Phi) is 7.67. The minimum absolute atomic E-state index is 0.0445. The Morgan fingerprint density at radius 1 is 1.31 bits per heavy atom. The maximum atomic E-state index is 13.0. The Labute approximate surface area is 165 Å². The van der Waals surface area contributed by atoms with Gasteiger partial charge in [0.25, 0.3) is 0 Å². The van der Waals surface area contributed by atoms with E-state index >= 15 is 0 Å². The fraction of sp³-hybridized carbons (Fsp3) is 0.632. The van der Waals surface area contributed by atoms with Crippen LogP contribution in [-0.4, -0.2) is 27.4 Å². The average molecular weight is 445 g/mol. The van der Waals surface area contributed by atoms with Crippen molar-refractivity contribution >= 4 is 37.5 Å². The number of hydrogen-bond donors (Lipinski definition) is 1. The van der Waals surface area contributed by atoms with E-state index in [-0.39, 0.29) is 10.8 Å². The molecule has 2 rings (SSSR count). The first-order valence-electron chi connectivity index (χ1n) is 9.46. The van der Waals surface area contributed by atoms with Crippen molar-refractivity contribution in [3.05, 3.63) is 22.2 Å². The molecule has 7 heteroatoms. The van der Waals surface area contributed by atoms with Crippen molar-refractivity contribution in [2.75, 3.05) is 18.0 Å². The third-order valence-corrected chi connectivity index (χ3v) is 6.89. The molecule has 5 nitrogen and oxygen atoms in total. The molecule has 0 saturated heterocycles. The number of nitrogens with one attached hydrogen (secondary N) is 1. The van der Waals surface area contributed by atoms with E-state index in [1.807, 2.05) is 6.07 Å². The molecular weight excluding hydrogens is 416 g/mol. The second-order valence-corrected chi connectivity index (χ2v) is 9.48. The maximum absolute atomic E-state index is 13.0. The minimum Gasteiger partial charge on any atom is -0.310 e. The molecule has 0 saturated carbocycles. The highest BCUT2D eigenvalue weighted by molar-refractivity contribution is 9.10. The highest BCUT2D eigenvalue weighted by atomic mass is 79.9. The number of carbonyl (C=O) groups is 1. The normalized spacial score (nSPS) is 15.2. The largest absolute Gasteiger partial charge is 0.310 e. The predicted molar refractivity (Wildman–Crippen MR) is 109 cm³/mol. The number of rotatable bonds is 9. The summed E-state index contributed by atoms with van der Waals surface area (Å²) in [7, 11) is -3.69. The summed E-state index contributed by atoms with van der Waals surface area (Å²) in [5, 5.41) is 0. The average Bonchev–Trinajstić information content (AvgIpc) is 3.04. The molecule has 0 spiro atoms. The number of hydrogen-bond acceptors (Lipinski definition) is 3. The van der Waals surface area contributed by atoms with Gasteiger partial charge in [-0.1, -0.05) is 56.0 Å². The molecule has 0 radical (unpaired) electrons. The topological polar surface area (TPSA) is 66.5 Å². The van der Waals surface area contributed by atoms with Crippen LogP contribution in [0.2, 0.25) is 0 Å². The number of fused-ring (bicyclic) bond motifs is 1. The molecule has 0 fully saturated rings. The Hall–Kier alpha value is -0.920. The molecular formula is C19H29BrN2O3S. The van der Waals surface area contributed by atoms with Gasteiger partial charge in [-0.25, -0.2) is 13.1 Å². The Morgan fingerprint density at radius 3 is 2.65 bits per heavy atom. The van der Waals surface area contributed by atoms with E-state index in [2.05, 4.69) is 34.5 Å². The van der Waals surface area contributed by atoms with Crippen LogP contribution < -0.4 is 9.62 Å². The van der Waals surface area contributed by atoms with Crippen LogP contribution in [0.3, 0.4) is 0 Å². The number of anilines is 1. The molecule has 0 aliphatic carbocycles. The van der Waals surface area contributed by atoms with Crippen molar-refractivity contribution in [2.24, 2.45) is 5.92 Å². The van der Waals surface area contributed by atoms with E-state index < -0.39 is 10.0 Å². The van der Waals surface area contributed by atoms with Gasteiger partial charge in [-0.2, -0.15) is 0 Å². The van der Waals surface area contributed by atoms with E-state index in [0.717, 1.165) is 35.7 Å². The van der Waals surface area contributed by atoms with Crippen molar-refractivity contribution in [1.29, 1.82) is 0 Å². The zero-order valence-corrected chi connectivity index (χ0v) is 18.2. The summed E-state index contributed by atoms with van der Waals surface area (Å²) in [5.74, 6) is 0.287. The summed E-state index contributed by atoms with van der Waals surface area (Å²) >= 11 is 3.41. The number of halogens is 1. The summed E-state index contributed by atoms with van der Waals surface area (Å²) in [4.78, 5) is 14.1. The molecule has 1 N–H and O–H groups in total. The zero-order valence-electron chi connectivity index (χ0n) is 15.8. The molecule has 0 unspecified atom stereocenters. The third kappa shape index (κ3) is 4.87. The van der Waals surface area contributed by atoms with Crippen LogP contribution >= 0.6 is 15.9 Å². The quantitative estimate of drug-likeness (QED) is 0.618. The van der Waals surface area contributed by atoms with E-state index in [1.54, 1.807) is 17.9 Å². The van der Waals surface area contributed by atoms with Gasteiger partial charge < -0.3 is 4.90 Å². The first-order valence-corrected chi connectivity index (χ1v) is 11.7. The van der Waals surface area contributed by atoms with E-state index in [0.29, 0.717) is 37.5 Å².